The highest BCUT2D eigenvalue weighted by Gasteiger charge is 2.51. The Morgan fingerprint density at radius 2 is 2.26 bits per heavy atom. The number of carboxylic acid groups (broad SMARTS) is 1. The highest BCUT2D eigenvalue weighted by Crippen LogP contribution is 2.40. The maximum atomic E-state index is 13.8. The van der Waals surface area contributed by atoms with Crippen LogP contribution in [0, 0.1) is 18.7 Å². The topological polar surface area (TPSA) is 58.6 Å². The van der Waals surface area contributed by atoms with Crippen molar-refractivity contribution in [2.24, 2.45) is 5.92 Å². The van der Waals surface area contributed by atoms with E-state index in [1.165, 1.54) is 6.07 Å². The van der Waals surface area contributed by atoms with Crippen molar-refractivity contribution in [3.8, 4) is 5.75 Å². The van der Waals surface area contributed by atoms with Crippen molar-refractivity contribution in [1.29, 1.82) is 0 Å². The highest BCUT2D eigenvalue weighted by molar-refractivity contribution is 5.80. The van der Waals surface area contributed by atoms with E-state index in [0.29, 0.717) is 5.56 Å². The summed E-state index contributed by atoms with van der Waals surface area (Å²) in [7, 11) is 1.60. The molecule has 0 amide bonds. The smallest absolute Gasteiger partial charge is 0.327 e. The summed E-state index contributed by atoms with van der Waals surface area (Å²) in [5.41, 5.74) is -0.648. The number of ether oxygens (including phenoxy) is 1. The van der Waals surface area contributed by atoms with Gasteiger partial charge in [-0.3, -0.25) is 4.79 Å². The molecule has 0 aromatic heterocycles. The molecule has 19 heavy (non-hydrogen) atoms. The lowest BCUT2D eigenvalue weighted by Crippen LogP contribution is -2.56. The first-order valence-corrected chi connectivity index (χ1v) is 6.31. The van der Waals surface area contributed by atoms with Crippen LogP contribution in [-0.4, -0.2) is 30.3 Å². The number of benzene rings is 1. The molecule has 5 heteroatoms. The SMILES string of the molecule is CNC(COc1cccc(C)c1F)(C(=O)O)C1CC1. The number of aryl methyl sites for hydroxylation is 1. The first-order valence-electron chi connectivity index (χ1n) is 6.31. The molecule has 1 fully saturated rings. The number of hydrogen-bond acceptors (Lipinski definition) is 3. The summed E-state index contributed by atoms with van der Waals surface area (Å²) in [5, 5.41) is 12.2. The van der Waals surface area contributed by atoms with E-state index >= 15 is 0 Å². The van der Waals surface area contributed by atoms with E-state index < -0.39 is 17.3 Å². The van der Waals surface area contributed by atoms with E-state index in [9.17, 15) is 14.3 Å². The molecule has 0 bridgehead atoms. The molecule has 104 valence electrons. The number of nitrogens with one attached hydrogen (secondary N) is 1. The summed E-state index contributed by atoms with van der Waals surface area (Å²) in [5.74, 6) is -1.25. The number of likely N-dealkylation sites (N-methyl/N-ethyl adjacent to an activating group) is 1. The second kappa shape index (κ2) is 5.17. The third-order valence-electron chi connectivity index (χ3n) is 3.71. The van der Waals surface area contributed by atoms with Crippen molar-refractivity contribution in [3.05, 3.63) is 29.6 Å². The fourth-order valence-electron chi connectivity index (χ4n) is 2.24. The van der Waals surface area contributed by atoms with Gasteiger partial charge in [0.05, 0.1) is 0 Å². The molecule has 1 aliphatic carbocycles. The monoisotopic (exact) mass is 267 g/mol. The Morgan fingerprint density at radius 1 is 1.58 bits per heavy atom. The van der Waals surface area contributed by atoms with Crippen LogP contribution in [0.3, 0.4) is 0 Å². The van der Waals surface area contributed by atoms with Gasteiger partial charge in [-0.15, -0.1) is 0 Å². The Morgan fingerprint density at radius 3 is 2.79 bits per heavy atom. The quantitative estimate of drug-likeness (QED) is 0.827. The van der Waals surface area contributed by atoms with Crippen LogP contribution in [0.5, 0.6) is 5.75 Å². The Hall–Kier alpha value is -1.62. The molecule has 0 spiro atoms. The zero-order chi connectivity index (χ0) is 14.0. The van der Waals surface area contributed by atoms with Gasteiger partial charge in [-0.2, -0.15) is 0 Å². The fraction of sp³-hybridized carbons (Fsp3) is 0.500. The number of hydrogen-bond donors (Lipinski definition) is 2. The maximum Gasteiger partial charge on any atom is 0.327 e. The van der Waals surface area contributed by atoms with Gasteiger partial charge in [0.25, 0.3) is 0 Å². The number of rotatable bonds is 6. The van der Waals surface area contributed by atoms with Crippen LogP contribution in [0.1, 0.15) is 18.4 Å². The molecule has 1 aromatic carbocycles. The summed E-state index contributed by atoms with van der Waals surface area (Å²) >= 11 is 0. The van der Waals surface area contributed by atoms with Crippen molar-refractivity contribution in [2.75, 3.05) is 13.7 Å². The van der Waals surface area contributed by atoms with E-state index in [0.717, 1.165) is 12.8 Å². The average Bonchev–Trinajstić information content (AvgIpc) is 3.20. The Labute approximate surface area is 111 Å². The molecule has 1 unspecified atom stereocenters. The zero-order valence-electron chi connectivity index (χ0n) is 11.1. The first kappa shape index (κ1) is 13.8. The first-order chi connectivity index (χ1) is 9.01. The third kappa shape index (κ3) is 2.56. The van der Waals surface area contributed by atoms with E-state index in [-0.39, 0.29) is 18.3 Å². The number of aliphatic carboxylic acids is 1. The minimum atomic E-state index is -1.13. The summed E-state index contributed by atoms with van der Waals surface area (Å²) < 4.78 is 19.2. The number of halogens is 1. The van der Waals surface area contributed by atoms with Crippen LogP contribution in [0.15, 0.2) is 18.2 Å². The minimum absolute atomic E-state index is 0.0443. The Kier molecular flexibility index (Phi) is 3.75. The molecule has 0 radical (unpaired) electrons. The van der Waals surface area contributed by atoms with Gasteiger partial charge in [0.1, 0.15) is 6.61 Å². The predicted molar refractivity (Wildman–Crippen MR) is 68.8 cm³/mol. The van der Waals surface area contributed by atoms with Gasteiger partial charge in [0.15, 0.2) is 17.1 Å². The molecule has 2 N–H and O–H groups in total. The molecule has 1 saturated carbocycles. The minimum Gasteiger partial charge on any atom is -0.488 e. The number of carboxylic acids is 1. The Bertz CT molecular complexity index is 488. The summed E-state index contributed by atoms with van der Waals surface area (Å²) in [6.45, 7) is 1.56. The molecule has 0 saturated heterocycles. The van der Waals surface area contributed by atoms with Crippen molar-refractivity contribution >= 4 is 5.97 Å². The van der Waals surface area contributed by atoms with Crippen molar-refractivity contribution in [1.82, 2.24) is 5.32 Å². The van der Waals surface area contributed by atoms with Gasteiger partial charge < -0.3 is 15.2 Å². The van der Waals surface area contributed by atoms with Crippen LogP contribution >= 0.6 is 0 Å². The molecule has 4 nitrogen and oxygen atoms in total. The van der Waals surface area contributed by atoms with Crippen LogP contribution in [-0.2, 0) is 4.79 Å². The van der Waals surface area contributed by atoms with Crippen LogP contribution in [0.4, 0.5) is 4.39 Å². The highest BCUT2D eigenvalue weighted by atomic mass is 19.1. The maximum absolute atomic E-state index is 13.8. The van der Waals surface area contributed by atoms with Gasteiger partial charge in [0, 0.05) is 0 Å². The second-order valence-corrected chi connectivity index (χ2v) is 4.98. The van der Waals surface area contributed by atoms with Crippen molar-refractivity contribution < 1.29 is 19.0 Å². The third-order valence-corrected chi connectivity index (χ3v) is 3.71. The van der Waals surface area contributed by atoms with Gasteiger partial charge in [0.2, 0.25) is 0 Å². The summed E-state index contributed by atoms with van der Waals surface area (Å²) in [6.07, 6.45) is 1.71. The lowest BCUT2D eigenvalue weighted by Gasteiger charge is -2.29. The molecular weight excluding hydrogens is 249 g/mol. The molecule has 0 aliphatic heterocycles. The molecule has 1 atom stereocenters. The molecule has 0 heterocycles. The molecule has 1 aromatic rings. The van der Waals surface area contributed by atoms with E-state index in [4.69, 9.17) is 4.74 Å². The van der Waals surface area contributed by atoms with Crippen LogP contribution < -0.4 is 10.1 Å². The predicted octanol–water partition coefficient (Wildman–Crippen LogP) is 1.97. The lowest BCUT2D eigenvalue weighted by atomic mass is 9.94. The van der Waals surface area contributed by atoms with Gasteiger partial charge >= 0.3 is 5.97 Å². The van der Waals surface area contributed by atoms with Gasteiger partial charge in [-0.25, -0.2) is 4.39 Å². The second-order valence-electron chi connectivity index (χ2n) is 4.98. The standard InChI is InChI=1S/C14H18FNO3/c1-9-4-3-5-11(12(9)15)19-8-14(16-2,13(17)18)10-6-7-10/h3-5,10,16H,6-8H2,1-2H3,(H,17,18). The summed E-state index contributed by atoms with van der Waals surface area (Å²) in [4.78, 5) is 11.5. The zero-order valence-corrected chi connectivity index (χ0v) is 11.1. The van der Waals surface area contributed by atoms with Crippen LogP contribution in [0.25, 0.3) is 0 Å². The van der Waals surface area contributed by atoms with E-state index in [2.05, 4.69) is 5.32 Å². The normalized spacial score (nSPS) is 17.8. The largest absolute Gasteiger partial charge is 0.488 e. The van der Waals surface area contributed by atoms with Crippen LogP contribution in [0.2, 0.25) is 0 Å². The lowest BCUT2D eigenvalue weighted by molar-refractivity contribution is -0.147. The number of carbonyl (C=O) groups is 1. The van der Waals surface area contributed by atoms with Gasteiger partial charge in [-0.05, 0) is 44.4 Å². The van der Waals surface area contributed by atoms with Crippen molar-refractivity contribution in [3.63, 3.8) is 0 Å². The molecule has 2 rings (SSSR count). The van der Waals surface area contributed by atoms with Crippen molar-refractivity contribution in [2.45, 2.75) is 25.3 Å². The summed E-state index contributed by atoms with van der Waals surface area (Å²) in [6, 6.07) is 4.84. The van der Waals surface area contributed by atoms with Gasteiger partial charge in [-0.1, -0.05) is 12.1 Å². The van der Waals surface area contributed by atoms with E-state index in [1.54, 1.807) is 26.1 Å². The fourth-order valence-corrected chi connectivity index (χ4v) is 2.24. The molecule has 1 aliphatic rings. The average molecular weight is 267 g/mol. The Balaban J connectivity index is 2.15. The van der Waals surface area contributed by atoms with E-state index in [1.807, 2.05) is 0 Å². The molecular formula is C14H18FNO3.